The molecule has 0 spiro atoms. The van der Waals surface area contributed by atoms with Gasteiger partial charge in [0.1, 0.15) is 6.04 Å². The van der Waals surface area contributed by atoms with Crippen LogP contribution in [0.15, 0.2) is 4.99 Å². The fourth-order valence-corrected chi connectivity index (χ4v) is 3.95. The van der Waals surface area contributed by atoms with Gasteiger partial charge in [0, 0.05) is 50.6 Å². The molecule has 0 radical (unpaired) electrons. The molecule has 148 valence electrons. The smallest absolute Gasteiger partial charge is 0.357 e. The number of guanidine groups is 1. The van der Waals surface area contributed by atoms with Crippen LogP contribution in [0.2, 0.25) is 0 Å². The molecule has 1 fully saturated rings. The van der Waals surface area contributed by atoms with Crippen LogP contribution in [0.4, 0.5) is 13.2 Å². The van der Waals surface area contributed by atoms with Crippen molar-refractivity contribution in [3.05, 3.63) is 15.6 Å². The second-order valence-electron chi connectivity index (χ2n) is 6.47. The Kier molecular flexibility index (Phi) is 7.28. The van der Waals surface area contributed by atoms with Crippen LogP contribution in [0.3, 0.4) is 0 Å². The van der Waals surface area contributed by atoms with Gasteiger partial charge in [-0.2, -0.15) is 13.2 Å². The zero-order valence-electron chi connectivity index (χ0n) is 15.9. The van der Waals surface area contributed by atoms with Crippen LogP contribution < -0.4 is 5.32 Å². The topological polar surface area (TPSA) is 43.8 Å². The summed E-state index contributed by atoms with van der Waals surface area (Å²) in [4.78, 5) is 13.9. The Labute approximate surface area is 157 Å². The fourth-order valence-electron chi connectivity index (χ4n) is 3.02. The van der Waals surface area contributed by atoms with E-state index in [1.165, 1.54) is 16.7 Å². The number of alkyl halides is 3. The number of thiazole rings is 1. The molecule has 1 aliphatic heterocycles. The Bertz CT molecular complexity index is 606. The Balaban J connectivity index is 1.92. The molecule has 1 unspecified atom stereocenters. The number of hydrogen-bond donors (Lipinski definition) is 1. The van der Waals surface area contributed by atoms with Gasteiger partial charge in [0.15, 0.2) is 5.96 Å². The Morgan fingerprint density at radius 3 is 2.42 bits per heavy atom. The Morgan fingerprint density at radius 1 is 1.27 bits per heavy atom. The van der Waals surface area contributed by atoms with Crippen LogP contribution in [0.1, 0.15) is 29.4 Å². The molecule has 0 saturated carbocycles. The summed E-state index contributed by atoms with van der Waals surface area (Å²) in [5.74, 6) is 0.783. The third-order valence-electron chi connectivity index (χ3n) is 4.57. The first-order valence-corrected chi connectivity index (χ1v) is 9.81. The van der Waals surface area contributed by atoms with Crippen LogP contribution in [-0.4, -0.2) is 72.2 Å². The van der Waals surface area contributed by atoms with E-state index in [1.807, 2.05) is 25.7 Å². The summed E-state index contributed by atoms with van der Waals surface area (Å²) in [5, 5.41) is 4.31. The number of aromatic nitrogens is 1. The Hall–Kier alpha value is -1.35. The van der Waals surface area contributed by atoms with E-state index >= 15 is 0 Å². The maximum Gasteiger partial charge on any atom is 0.403 e. The summed E-state index contributed by atoms with van der Waals surface area (Å²) in [6.07, 6.45) is -3.34. The van der Waals surface area contributed by atoms with Crippen molar-refractivity contribution >= 4 is 17.3 Å². The minimum absolute atomic E-state index is 0.387. The lowest BCUT2D eigenvalue weighted by molar-refractivity contribution is -0.181. The normalized spacial score (nSPS) is 18.3. The van der Waals surface area contributed by atoms with Gasteiger partial charge in [0.25, 0.3) is 0 Å². The molecule has 0 aliphatic carbocycles. The average Bonchev–Trinajstić information content (AvgIpc) is 2.90. The molecule has 2 rings (SSSR count). The summed E-state index contributed by atoms with van der Waals surface area (Å²) in [7, 11) is 0. The number of halogens is 3. The minimum Gasteiger partial charge on any atom is -0.357 e. The molecule has 1 saturated heterocycles. The monoisotopic (exact) mass is 391 g/mol. The first-order chi connectivity index (χ1) is 12.2. The lowest BCUT2D eigenvalue weighted by Crippen LogP contribution is -2.56. The van der Waals surface area contributed by atoms with E-state index in [2.05, 4.69) is 15.3 Å². The molecule has 1 aromatic heterocycles. The van der Waals surface area contributed by atoms with Gasteiger partial charge in [0.05, 0.1) is 10.7 Å². The third-order valence-corrected chi connectivity index (χ3v) is 5.70. The zero-order valence-corrected chi connectivity index (χ0v) is 16.7. The largest absolute Gasteiger partial charge is 0.403 e. The highest BCUT2D eigenvalue weighted by Gasteiger charge is 2.41. The highest BCUT2D eigenvalue weighted by atomic mass is 32.1. The van der Waals surface area contributed by atoms with Gasteiger partial charge in [-0.15, -0.1) is 11.3 Å². The van der Waals surface area contributed by atoms with Gasteiger partial charge >= 0.3 is 6.18 Å². The number of aliphatic imine (C=N–C) groups is 1. The predicted molar refractivity (Wildman–Crippen MR) is 99.9 cm³/mol. The molecule has 0 aromatic carbocycles. The van der Waals surface area contributed by atoms with E-state index in [0.29, 0.717) is 32.7 Å². The number of piperazine rings is 1. The molecule has 0 bridgehead atoms. The van der Waals surface area contributed by atoms with Crippen LogP contribution in [0.5, 0.6) is 0 Å². The molecule has 2 heterocycles. The number of aryl methyl sites for hydroxylation is 2. The average molecular weight is 392 g/mol. The molecular formula is C17H28F3N5S. The quantitative estimate of drug-likeness (QED) is 0.619. The van der Waals surface area contributed by atoms with Crippen molar-refractivity contribution < 1.29 is 13.2 Å². The molecule has 26 heavy (non-hydrogen) atoms. The highest BCUT2D eigenvalue weighted by molar-refractivity contribution is 7.11. The summed E-state index contributed by atoms with van der Waals surface area (Å²) < 4.78 is 38.6. The number of hydrogen-bond acceptors (Lipinski definition) is 4. The predicted octanol–water partition coefficient (Wildman–Crippen LogP) is 2.84. The second-order valence-corrected chi connectivity index (χ2v) is 7.76. The van der Waals surface area contributed by atoms with Gasteiger partial charge in [-0.25, -0.2) is 4.98 Å². The second kappa shape index (κ2) is 9.03. The van der Waals surface area contributed by atoms with E-state index in [0.717, 1.165) is 29.6 Å². The van der Waals surface area contributed by atoms with Crippen molar-refractivity contribution in [1.29, 1.82) is 0 Å². The van der Waals surface area contributed by atoms with Crippen LogP contribution >= 0.6 is 11.3 Å². The first-order valence-electron chi connectivity index (χ1n) is 8.99. The van der Waals surface area contributed by atoms with Gasteiger partial charge in [0.2, 0.25) is 0 Å². The van der Waals surface area contributed by atoms with Gasteiger partial charge in [-0.1, -0.05) is 0 Å². The van der Waals surface area contributed by atoms with Crippen LogP contribution in [0, 0.1) is 13.8 Å². The molecular weight excluding hydrogens is 363 g/mol. The van der Waals surface area contributed by atoms with Gasteiger partial charge < -0.3 is 10.2 Å². The maximum absolute atomic E-state index is 12.9. The van der Waals surface area contributed by atoms with Crippen molar-refractivity contribution in [3.8, 4) is 0 Å². The molecule has 9 heteroatoms. The van der Waals surface area contributed by atoms with Gasteiger partial charge in [-0.3, -0.25) is 9.89 Å². The third kappa shape index (κ3) is 5.57. The summed E-state index contributed by atoms with van der Waals surface area (Å²) >= 11 is 1.69. The Morgan fingerprint density at radius 2 is 1.92 bits per heavy atom. The molecule has 1 aromatic rings. The van der Waals surface area contributed by atoms with E-state index in [1.54, 1.807) is 11.3 Å². The SMILES string of the molecule is CCNC(=NCCc1sc(C)nc1C)N1CCN(C(C)C(F)(F)F)CC1. The van der Waals surface area contributed by atoms with E-state index < -0.39 is 12.2 Å². The van der Waals surface area contributed by atoms with E-state index in [4.69, 9.17) is 0 Å². The van der Waals surface area contributed by atoms with Crippen molar-refractivity contribution in [2.24, 2.45) is 4.99 Å². The van der Waals surface area contributed by atoms with Crippen LogP contribution in [0.25, 0.3) is 0 Å². The summed E-state index contributed by atoms with van der Waals surface area (Å²) in [5.41, 5.74) is 1.06. The van der Waals surface area contributed by atoms with Crippen molar-refractivity contribution in [2.75, 3.05) is 39.3 Å². The van der Waals surface area contributed by atoms with Crippen molar-refractivity contribution in [3.63, 3.8) is 0 Å². The molecule has 1 N–H and O–H groups in total. The summed E-state index contributed by atoms with van der Waals surface area (Å²) in [6, 6.07) is -1.40. The number of nitrogens with zero attached hydrogens (tertiary/aromatic N) is 4. The minimum atomic E-state index is -4.18. The van der Waals surface area contributed by atoms with Crippen molar-refractivity contribution in [2.45, 2.75) is 46.3 Å². The summed E-state index contributed by atoms with van der Waals surface area (Å²) in [6.45, 7) is 10.5. The lowest BCUT2D eigenvalue weighted by Gasteiger charge is -2.39. The molecule has 0 amide bonds. The molecule has 1 aliphatic rings. The number of rotatable bonds is 5. The maximum atomic E-state index is 12.9. The standard InChI is InChI=1S/C17H28F3N5S/c1-5-21-16(22-7-6-15-12(2)23-14(4)26-15)25-10-8-24(9-11-25)13(3)17(18,19)20/h13H,5-11H2,1-4H3,(H,21,22). The van der Waals surface area contributed by atoms with E-state index in [9.17, 15) is 13.2 Å². The van der Waals surface area contributed by atoms with E-state index in [-0.39, 0.29) is 0 Å². The highest BCUT2D eigenvalue weighted by Crippen LogP contribution is 2.25. The number of nitrogens with one attached hydrogen (secondary N) is 1. The molecule has 5 nitrogen and oxygen atoms in total. The van der Waals surface area contributed by atoms with Crippen molar-refractivity contribution in [1.82, 2.24) is 20.1 Å². The van der Waals surface area contributed by atoms with Gasteiger partial charge in [-0.05, 0) is 27.7 Å². The van der Waals surface area contributed by atoms with Crippen LogP contribution in [-0.2, 0) is 6.42 Å². The first kappa shape index (κ1) is 21.0. The lowest BCUT2D eigenvalue weighted by atomic mass is 10.2. The zero-order chi connectivity index (χ0) is 19.3. The molecule has 1 atom stereocenters. The fraction of sp³-hybridized carbons (Fsp3) is 0.765.